The molecule has 0 aromatic heterocycles. The highest BCUT2D eigenvalue weighted by Crippen LogP contribution is 2.19. The van der Waals surface area contributed by atoms with Gasteiger partial charge in [0.2, 0.25) is 0 Å². The first kappa shape index (κ1) is 13.5. The second-order valence-corrected chi connectivity index (χ2v) is 5.34. The van der Waals surface area contributed by atoms with E-state index in [9.17, 15) is 4.79 Å². The van der Waals surface area contributed by atoms with Crippen LogP contribution in [0.15, 0.2) is 0 Å². The zero-order chi connectivity index (χ0) is 12.2. The molecule has 4 nitrogen and oxygen atoms in total. The zero-order valence-corrected chi connectivity index (χ0v) is 10.7. The maximum absolute atomic E-state index is 11.4. The Morgan fingerprint density at radius 2 is 2.19 bits per heavy atom. The minimum absolute atomic E-state index is 0.195. The first-order valence-corrected chi connectivity index (χ1v) is 5.92. The molecule has 4 heteroatoms. The Labute approximate surface area is 97.7 Å². The van der Waals surface area contributed by atoms with Crippen LogP contribution >= 0.6 is 0 Å². The van der Waals surface area contributed by atoms with Crippen LogP contribution in [-0.2, 0) is 14.3 Å². The standard InChI is InChI=1S/C12H23NO3/c1-9-10(5-6-15-9)7-13-8-11(14)16-12(2,3)4/h9-10,13H,5-8H2,1-4H3. The van der Waals surface area contributed by atoms with Crippen LogP contribution in [0.3, 0.4) is 0 Å². The normalized spacial score (nSPS) is 25.8. The minimum atomic E-state index is -0.400. The SMILES string of the molecule is CC1OCCC1CNCC(=O)OC(C)(C)C. The Balaban J connectivity index is 2.13. The molecule has 0 radical (unpaired) electrons. The van der Waals surface area contributed by atoms with Crippen LogP contribution in [0.25, 0.3) is 0 Å². The second kappa shape index (κ2) is 5.64. The van der Waals surface area contributed by atoms with E-state index >= 15 is 0 Å². The van der Waals surface area contributed by atoms with Gasteiger partial charge in [0.05, 0.1) is 12.6 Å². The summed E-state index contributed by atoms with van der Waals surface area (Å²) < 4.78 is 10.6. The van der Waals surface area contributed by atoms with Crippen molar-refractivity contribution < 1.29 is 14.3 Å². The van der Waals surface area contributed by atoms with Crippen molar-refractivity contribution in [1.29, 1.82) is 0 Å². The summed E-state index contributed by atoms with van der Waals surface area (Å²) in [6.07, 6.45) is 1.37. The molecule has 2 unspecified atom stereocenters. The van der Waals surface area contributed by atoms with Crippen LogP contribution in [0.2, 0.25) is 0 Å². The fraction of sp³-hybridized carbons (Fsp3) is 0.917. The quantitative estimate of drug-likeness (QED) is 0.739. The fourth-order valence-corrected chi connectivity index (χ4v) is 1.78. The third-order valence-corrected chi connectivity index (χ3v) is 2.63. The van der Waals surface area contributed by atoms with Gasteiger partial charge in [0.1, 0.15) is 5.60 Å². The molecule has 0 amide bonds. The van der Waals surface area contributed by atoms with E-state index in [0.717, 1.165) is 19.6 Å². The van der Waals surface area contributed by atoms with Crippen molar-refractivity contribution in [3.63, 3.8) is 0 Å². The van der Waals surface area contributed by atoms with Gasteiger partial charge < -0.3 is 14.8 Å². The monoisotopic (exact) mass is 229 g/mol. The summed E-state index contributed by atoms with van der Waals surface area (Å²) in [5.41, 5.74) is -0.400. The van der Waals surface area contributed by atoms with Crippen LogP contribution in [0.1, 0.15) is 34.1 Å². The van der Waals surface area contributed by atoms with Gasteiger partial charge in [-0.2, -0.15) is 0 Å². The molecule has 1 N–H and O–H groups in total. The Hall–Kier alpha value is -0.610. The predicted octanol–water partition coefficient (Wildman–Crippen LogP) is 1.34. The molecule has 0 aliphatic carbocycles. The molecule has 1 fully saturated rings. The number of carbonyl (C=O) groups excluding carboxylic acids is 1. The summed E-state index contributed by atoms with van der Waals surface area (Å²) in [4.78, 5) is 11.4. The van der Waals surface area contributed by atoms with Crippen molar-refractivity contribution in [2.24, 2.45) is 5.92 Å². The van der Waals surface area contributed by atoms with E-state index in [2.05, 4.69) is 12.2 Å². The van der Waals surface area contributed by atoms with Crippen molar-refractivity contribution in [2.75, 3.05) is 19.7 Å². The highest BCUT2D eigenvalue weighted by molar-refractivity contribution is 5.72. The molecule has 0 saturated carbocycles. The van der Waals surface area contributed by atoms with Gasteiger partial charge in [0, 0.05) is 13.2 Å². The molecule has 2 atom stereocenters. The first-order valence-electron chi connectivity index (χ1n) is 5.92. The van der Waals surface area contributed by atoms with E-state index in [4.69, 9.17) is 9.47 Å². The van der Waals surface area contributed by atoms with Crippen molar-refractivity contribution in [1.82, 2.24) is 5.32 Å². The molecule has 1 aliphatic rings. The van der Waals surface area contributed by atoms with Gasteiger partial charge in [-0.15, -0.1) is 0 Å². The first-order chi connectivity index (χ1) is 7.38. The van der Waals surface area contributed by atoms with Crippen LogP contribution < -0.4 is 5.32 Å². The lowest BCUT2D eigenvalue weighted by Crippen LogP contribution is -2.35. The van der Waals surface area contributed by atoms with Gasteiger partial charge in [-0.3, -0.25) is 4.79 Å². The Morgan fingerprint density at radius 3 is 2.69 bits per heavy atom. The van der Waals surface area contributed by atoms with Gasteiger partial charge in [-0.1, -0.05) is 0 Å². The van der Waals surface area contributed by atoms with Gasteiger partial charge in [-0.05, 0) is 40.0 Å². The lowest BCUT2D eigenvalue weighted by molar-refractivity contribution is -0.153. The number of hydrogen-bond donors (Lipinski definition) is 1. The largest absolute Gasteiger partial charge is 0.459 e. The third-order valence-electron chi connectivity index (χ3n) is 2.63. The summed E-state index contributed by atoms with van der Waals surface area (Å²) in [5, 5.41) is 3.13. The van der Waals surface area contributed by atoms with E-state index in [-0.39, 0.29) is 12.5 Å². The molecule has 1 heterocycles. The molecule has 0 bridgehead atoms. The number of ether oxygens (including phenoxy) is 2. The van der Waals surface area contributed by atoms with E-state index < -0.39 is 5.60 Å². The number of esters is 1. The second-order valence-electron chi connectivity index (χ2n) is 5.34. The average Bonchev–Trinajstić information content (AvgIpc) is 2.48. The number of carbonyl (C=O) groups is 1. The van der Waals surface area contributed by atoms with Gasteiger partial charge in [0.25, 0.3) is 0 Å². The summed E-state index contributed by atoms with van der Waals surface area (Å²) in [6.45, 7) is 9.63. The van der Waals surface area contributed by atoms with Gasteiger partial charge in [0.15, 0.2) is 0 Å². The summed E-state index contributed by atoms with van der Waals surface area (Å²) in [7, 11) is 0. The highest BCUT2D eigenvalue weighted by atomic mass is 16.6. The summed E-state index contributed by atoms with van der Waals surface area (Å²) in [5.74, 6) is 0.321. The Bertz CT molecular complexity index is 235. The Kier molecular flexibility index (Phi) is 4.74. The maximum atomic E-state index is 11.4. The van der Waals surface area contributed by atoms with Crippen molar-refractivity contribution in [3.05, 3.63) is 0 Å². The number of nitrogens with one attached hydrogen (secondary N) is 1. The van der Waals surface area contributed by atoms with Crippen LogP contribution in [0.4, 0.5) is 0 Å². The lowest BCUT2D eigenvalue weighted by atomic mass is 10.0. The predicted molar refractivity (Wildman–Crippen MR) is 62.2 cm³/mol. The Morgan fingerprint density at radius 1 is 1.50 bits per heavy atom. The molecule has 0 aromatic rings. The number of hydrogen-bond acceptors (Lipinski definition) is 4. The molecule has 1 aliphatic heterocycles. The summed E-state index contributed by atoms with van der Waals surface area (Å²) in [6, 6.07) is 0. The minimum Gasteiger partial charge on any atom is -0.459 e. The molecular weight excluding hydrogens is 206 g/mol. The van der Waals surface area contributed by atoms with Gasteiger partial charge >= 0.3 is 5.97 Å². The van der Waals surface area contributed by atoms with E-state index in [1.165, 1.54) is 0 Å². The van der Waals surface area contributed by atoms with E-state index in [0.29, 0.717) is 12.0 Å². The van der Waals surface area contributed by atoms with Crippen LogP contribution in [0.5, 0.6) is 0 Å². The molecule has 1 saturated heterocycles. The van der Waals surface area contributed by atoms with Crippen molar-refractivity contribution >= 4 is 5.97 Å². The molecule has 94 valence electrons. The zero-order valence-electron chi connectivity index (χ0n) is 10.7. The highest BCUT2D eigenvalue weighted by Gasteiger charge is 2.24. The molecule has 0 aromatic carbocycles. The lowest BCUT2D eigenvalue weighted by Gasteiger charge is -2.20. The van der Waals surface area contributed by atoms with E-state index in [1.54, 1.807) is 0 Å². The van der Waals surface area contributed by atoms with Gasteiger partial charge in [-0.25, -0.2) is 0 Å². The molecule has 16 heavy (non-hydrogen) atoms. The third kappa shape index (κ3) is 4.94. The fourth-order valence-electron chi connectivity index (χ4n) is 1.78. The maximum Gasteiger partial charge on any atom is 0.320 e. The van der Waals surface area contributed by atoms with E-state index in [1.807, 2.05) is 20.8 Å². The smallest absolute Gasteiger partial charge is 0.320 e. The topological polar surface area (TPSA) is 47.6 Å². The van der Waals surface area contributed by atoms with Crippen molar-refractivity contribution in [3.8, 4) is 0 Å². The molecule has 0 spiro atoms. The molecular formula is C12H23NO3. The van der Waals surface area contributed by atoms with Crippen LogP contribution in [0, 0.1) is 5.92 Å². The summed E-state index contributed by atoms with van der Waals surface area (Å²) >= 11 is 0. The van der Waals surface area contributed by atoms with Crippen LogP contribution in [-0.4, -0.2) is 37.4 Å². The molecule has 1 rings (SSSR count). The van der Waals surface area contributed by atoms with Crippen molar-refractivity contribution in [2.45, 2.75) is 45.8 Å². The number of rotatable bonds is 4. The average molecular weight is 229 g/mol.